The number of pyridine rings is 1. The van der Waals surface area contributed by atoms with Gasteiger partial charge in [0.25, 0.3) is 11.5 Å². The molecule has 1 amide bonds. The number of methoxy groups -OCH3 is 1. The molecule has 1 fully saturated rings. The second kappa shape index (κ2) is 9.04. The third-order valence-corrected chi connectivity index (χ3v) is 5.39. The highest BCUT2D eigenvalue weighted by Crippen LogP contribution is 2.22. The molecule has 0 saturated carbocycles. The van der Waals surface area contributed by atoms with E-state index >= 15 is 0 Å². The number of aromatic amines is 1. The number of nitrogens with zero attached hydrogens (tertiary/aromatic N) is 1. The zero-order valence-corrected chi connectivity index (χ0v) is 17.1. The summed E-state index contributed by atoms with van der Waals surface area (Å²) in [6.07, 6.45) is 1.24. The van der Waals surface area contributed by atoms with Crippen molar-refractivity contribution in [3.8, 4) is 22.8 Å². The first-order valence-corrected chi connectivity index (χ1v) is 10.1. The fraction of sp³-hybridized carbons (Fsp3) is 0.250. The van der Waals surface area contributed by atoms with E-state index in [1.54, 1.807) is 36.3 Å². The summed E-state index contributed by atoms with van der Waals surface area (Å²) in [5.41, 5.74) is 1.17. The number of hydrogen-bond acceptors (Lipinski definition) is 4. The lowest BCUT2D eigenvalue weighted by Crippen LogP contribution is -2.43. The fourth-order valence-electron chi connectivity index (χ4n) is 3.63. The minimum atomic E-state index is -0.414. The lowest BCUT2D eigenvalue weighted by molar-refractivity contribution is 0.0594. The number of piperidine rings is 1. The number of nitrogens with one attached hydrogen (secondary N) is 1. The minimum Gasteiger partial charge on any atom is -0.497 e. The number of amides is 1. The Labute approximate surface area is 179 Å². The van der Waals surface area contributed by atoms with Crippen LogP contribution in [0.2, 0.25) is 0 Å². The Morgan fingerprint density at radius 1 is 0.968 bits per heavy atom. The van der Waals surface area contributed by atoms with Gasteiger partial charge in [0.15, 0.2) is 0 Å². The molecule has 1 saturated heterocycles. The molecule has 0 aliphatic carbocycles. The Hall–Kier alpha value is -3.61. The molecule has 160 valence electrons. The SMILES string of the molecule is COc1ccc(-c2ccc(C(=O)N3CCC(Oc4ccc(F)cc4)CC3)c(=O)[nH]2)cc1. The van der Waals surface area contributed by atoms with Crippen molar-refractivity contribution in [2.24, 2.45) is 0 Å². The largest absolute Gasteiger partial charge is 0.497 e. The number of carbonyl (C=O) groups excluding carboxylic acids is 1. The van der Waals surface area contributed by atoms with E-state index in [2.05, 4.69) is 4.98 Å². The van der Waals surface area contributed by atoms with E-state index in [1.165, 1.54) is 12.1 Å². The maximum atomic E-state index is 13.0. The molecule has 0 spiro atoms. The van der Waals surface area contributed by atoms with Gasteiger partial charge in [-0.1, -0.05) is 0 Å². The average molecular weight is 422 g/mol. The van der Waals surface area contributed by atoms with Crippen molar-refractivity contribution in [2.75, 3.05) is 20.2 Å². The Balaban J connectivity index is 1.39. The molecule has 3 aromatic rings. The molecule has 0 bridgehead atoms. The van der Waals surface area contributed by atoms with E-state index in [0.29, 0.717) is 37.4 Å². The quantitative estimate of drug-likeness (QED) is 0.678. The van der Waals surface area contributed by atoms with Crippen molar-refractivity contribution in [3.05, 3.63) is 82.4 Å². The van der Waals surface area contributed by atoms with Crippen molar-refractivity contribution in [2.45, 2.75) is 18.9 Å². The minimum absolute atomic E-state index is 0.0507. The average Bonchev–Trinajstić information content (AvgIpc) is 2.80. The van der Waals surface area contributed by atoms with Gasteiger partial charge in [0.1, 0.15) is 29.0 Å². The Morgan fingerprint density at radius 2 is 1.61 bits per heavy atom. The monoisotopic (exact) mass is 422 g/mol. The highest BCUT2D eigenvalue weighted by atomic mass is 19.1. The first kappa shape index (κ1) is 20.7. The normalized spacial score (nSPS) is 14.3. The van der Waals surface area contributed by atoms with Gasteiger partial charge in [0, 0.05) is 31.6 Å². The lowest BCUT2D eigenvalue weighted by atomic mass is 10.1. The first-order valence-electron chi connectivity index (χ1n) is 10.1. The lowest BCUT2D eigenvalue weighted by Gasteiger charge is -2.32. The third-order valence-electron chi connectivity index (χ3n) is 5.39. The Kier molecular flexibility index (Phi) is 6.02. The van der Waals surface area contributed by atoms with Gasteiger partial charge in [-0.3, -0.25) is 9.59 Å². The first-order chi connectivity index (χ1) is 15.0. The van der Waals surface area contributed by atoms with Gasteiger partial charge in [0.05, 0.1) is 7.11 Å². The van der Waals surface area contributed by atoms with Crippen LogP contribution in [0.1, 0.15) is 23.2 Å². The Bertz CT molecular complexity index is 1100. The van der Waals surface area contributed by atoms with E-state index in [1.807, 2.05) is 24.3 Å². The van der Waals surface area contributed by atoms with Crippen molar-refractivity contribution >= 4 is 5.91 Å². The number of ether oxygens (including phenoxy) is 2. The van der Waals surface area contributed by atoms with Crippen LogP contribution in [0.5, 0.6) is 11.5 Å². The second-order valence-electron chi connectivity index (χ2n) is 7.41. The number of aromatic nitrogens is 1. The highest BCUT2D eigenvalue weighted by Gasteiger charge is 2.26. The van der Waals surface area contributed by atoms with Crippen LogP contribution < -0.4 is 15.0 Å². The smallest absolute Gasteiger partial charge is 0.261 e. The van der Waals surface area contributed by atoms with Crippen LogP contribution in [-0.2, 0) is 0 Å². The van der Waals surface area contributed by atoms with Crippen molar-refractivity contribution in [1.29, 1.82) is 0 Å². The molecule has 1 N–H and O–H groups in total. The van der Waals surface area contributed by atoms with Crippen molar-refractivity contribution in [3.63, 3.8) is 0 Å². The number of H-pyrrole nitrogens is 1. The van der Waals surface area contributed by atoms with Gasteiger partial charge in [-0.15, -0.1) is 0 Å². The van der Waals surface area contributed by atoms with Crippen molar-refractivity contribution < 1.29 is 18.7 Å². The summed E-state index contributed by atoms with van der Waals surface area (Å²) in [4.78, 5) is 29.9. The summed E-state index contributed by atoms with van der Waals surface area (Å²) in [6.45, 7) is 0.981. The van der Waals surface area contributed by atoms with Gasteiger partial charge >= 0.3 is 0 Å². The van der Waals surface area contributed by atoms with Crippen LogP contribution in [0, 0.1) is 5.82 Å². The topological polar surface area (TPSA) is 71.6 Å². The molecule has 0 atom stereocenters. The molecule has 31 heavy (non-hydrogen) atoms. The molecular formula is C24H23FN2O4. The number of likely N-dealkylation sites (tertiary alicyclic amines) is 1. The number of halogens is 1. The maximum absolute atomic E-state index is 13.0. The zero-order valence-electron chi connectivity index (χ0n) is 17.1. The third kappa shape index (κ3) is 4.77. The van der Waals surface area contributed by atoms with Gasteiger partial charge in [-0.25, -0.2) is 4.39 Å². The maximum Gasteiger partial charge on any atom is 0.261 e. The van der Waals surface area contributed by atoms with Gasteiger partial charge in [-0.05, 0) is 66.2 Å². The number of hydrogen-bond donors (Lipinski definition) is 1. The van der Waals surface area contributed by atoms with Crippen molar-refractivity contribution in [1.82, 2.24) is 9.88 Å². The number of benzene rings is 2. The predicted octanol–water partition coefficient (Wildman–Crippen LogP) is 3.87. The standard InChI is InChI=1S/C24H23FN2O4/c1-30-18-6-2-16(3-7-18)22-11-10-21(23(28)26-22)24(29)27-14-12-20(13-15-27)31-19-8-4-17(25)5-9-19/h2-11,20H,12-15H2,1H3,(H,26,28). The molecule has 2 heterocycles. The summed E-state index contributed by atoms with van der Waals surface area (Å²) < 4.78 is 24.0. The van der Waals surface area contributed by atoms with Crippen LogP contribution in [0.25, 0.3) is 11.3 Å². The molecule has 4 rings (SSSR count). The van der Waals surface area contributed by atoms with Crippen LogP contribution >= 0.6 is 0 Å². The molecule has 6 nitrogen and oxygen atoms in total. The van der Waals surface area contributed by atoms with Gasteiger partial charge < -0.3 is 19.4 Å². The zero-order chi connectivity index (χ0) is 21.8. The van der Waals surface area contributed by atoms with E-state index in [9.17, 15) is 14.0 Å². The fourth-order valence-corrected chi connectivity index (χ4v) is 3.63. The van der Waals surface area contributed by atoms with Gasteiger partial charge in [0.2, 0.25) is 0 Å². The van der Waals surface area contributed by atoms with Crippen LogP contribution in [0.4, 0.5) is 4.39 Å². The Morgan fingerprint density at radius 3 is 2.23 bits per heavy atom. The van der Waals surface area contributed by atoms with E-state index in [-0.39, 0.29) is 23.4 Å². The summed E-state index contributed by atoms with van der Waals surface area (Å²) in [5.74, 6) is 0.736. The van der Waals surface area contributed by atoms with E-state index < -0.39 is 5.56 Å². The van der Waals surface area contributed by atoms with E-state index in [0.717, 1.165) is 11.3 Å². The van der Waals surface area contributed by atoms with Crippen LogP contribution in [0.15, 0.2) is 65.5 Å². The molecule has 0 unspecified atom stereocenters. The predicted molar refractivity (Wildman–Crippen MR) is 115 cm³/mol. The molecule has 1 aliphatic heterocycles. The molecule has 7 heteroatoms. The number of carbonyl (C=O) groups is 1. The summed E-state index contributed by atoms with van der Waals surface area (Å²) in [6, 6.07) is 16.5. The van der Waals surface area contributed by atoms with Gasteiger partial charge in [-0.2, -0.15) is 0 Å². The molecule has 1 aromatic heterocycles. The molecular weight excluding hydrogens is 399 g/mol. The second-order valence-corrected chi connectivity index (χ2v) is 7.41. The number of rotatable bonds is 5. The molecule has 0 radical (unpaired) electrons. The summed E-state index contributed by atoms with van der Waals surface area (Å²) in [7, 11) is 1.59. The van der Waals surface area contributed by atoms with Crippen LogP contribution in [0.3, 0.4) is 0 Å². The highest BCUT2D eigenvalue weighted by molar-refractivity contribution is 5.94. The molecule has 2 aromatic carbocycles. The molecule has 1 aliphatic rings. The summed E-state index contributed by atoms with van der Waals surface area (Å²) in [5, 5.41) is 0. The van der Waals surface area contributed by atoms with Crippen LogP contribution in [-0.4, -0.2) is 42.1 Å². The summed E-state index contributed by atoms with van der Waals surface area (Å²) >= 11 is 0. The van der Waals surface area contributed by atoms with E-state index in [4.69, 9.17) is 9.47 Å².